The highest BCUT2D eigenvalue weighted by Gasteiger charge is 2.35. The molecule has 0 aromatic rings. The van der Waals surface area contributed by atoms with E-state index in [1.54, 1.807) is 11.9 Å². The van der Waals surface area contributed by atoms with Crippen LogP contribution in [0.15, 0.2) is 0 Å². The lowest BCUT2D eigenvalue weighted by atomic mass is 10.0. The molecule has 6 heteroatoms. The van der Waals surface area contributed by atoms with E-state index in [4.69, 9.17) is 9.84 Å². The molecule has 98 valence electrons. The number of carbonyl (C=O) groups excluding carboxylic acids is 1. The van der Waals surface area contributed by atoms with Gasteiger partial charge in [-0.2, -0.15) is 0 Å². The van der Waals surface area contributed by atoms with E-state index in [1.807, 2.05) is 0 Å². The normalized spacial score (nSPS) is 23.4. The van der Waals surface area contributed by atoms with E-state index in [9.17, 15) is 9.59 Å². The zero-order chi connectivity index (χ0) is 12.8. The third-order valence-electron chi connectivity index (χ3n) is 2.90. The van der Waals surface area contributed by atoms with Crippen LogP contribution in [-0.2, 0) is 9.53 Å². The van der Waals surface area contributed by atoms with E-state index in [0.717, 1.165) is 12.8 Å². The summed E-state index contributed by atoms with van der Waals surface area (Å²) in [6.07, 6.45) is 1.95. The monoisotopic (exact) mass is 244 g/mol. The molecule has 1 saturated heterocycles. The average Bonchev–Trinajstić information content (AvgIpc) is 2.73. The molecular formula is C11H20N2O4. The number of ether oxygens (including phenoxy) is 1. The van der Waals surface area contributed by atoms with Gasteiger partial charge in [0.1, 0.15) is 5.92 Å². The Morgan fingerprint density at radius 3 is 2.76 bits per heavy atom. The van der Waals surface area contributed by atoms with E-state index in [2.05, 4.69) is 12.2 Å². The molecule has 1 rings (SSSR count). The molecule has 2 amide bonds. The Bertz CT molecular complexity index is 283. The Morgan fingerprint density at radius 2 is 2.18 bits per heavy atom. The lowest BCUT2D eigenvalue weighted by molar-refractivity contribution is -0.142. The highest BCUT2D eigenvalue weighted by molar-refractivity contribution is 5.77. The highest BCUT2D eigenvalue weighted by atomic mass is 16.5. The predicted octanol–water partition coefficient (Wildman–Crippen LogP) is 0.527. The summed E-state index contributed by atoms with van der Waals surface area (Å²) in [4.78, 5) is 24.2. The van der Waals surface area contributed by atoms with Crippen molar-refractivity contribution >= 4 is 12.0 Å². The summed E-state index contributed by atoms with van der Waals surface area (Å²) in [6.45, 7) is 3.16. The molecule has 1 fully saturated rings. The molecule has 1 heterocycles. The number of hydrogen-bond donors (Lipinski definition) is 2. The van der Waals surface area contributed by atoms with Gasteiger partial charge >= 0.3 is 12.0 Å². The molecule has 0 aromatic carbocycles. The predicted molar refractivity (Wildman–Crippen MR) is 61.8 cm³/mol. The molecule has 0 bridgehead atoms. The molecule has 1 aliphatic heterocycles. The van der Waals surface area contributed by atoms with Gasteiger partial charge in [-0.25, -0.2) is 4.79 Å². The van der Waals surface area contributed by atoms with Crippen LogP contribution in [0.25, 0.3) is 0 Å². The van der Waals surface area contributed by atoms with Crippen LogP contribution in [0.3, 0.4) is 0 Å². The van der Waals surface area contributed by atoms with E-state index in [1.165, 1.54) is 0 Å². The number of nitrogens with one attached hydrogen (secondary N) is 1. The van der Waals surface area contributed by atoms with E-state index < -0.39 is 17.9 Å². The summed E-state index contributed by atoms with van der Waals surface area (Å²) in [6, 6.07) is -0.663. The Morgan fingerprint density at radius 1 is 1.47 bits per heavy atom. The maximum atomic E-state index is 11.7. The Labute approximate surface area is 101 Å². The van der Waals surface area contributed by atoms with Crippen LogP contribution >= 0.6 is 0 Å². The first-order chi connectivity index (χ1) is 8.06. The first-order valence-corrected chi connectivity index (χ1v) is 5.88. The van der Waals surface area contributed by atoms with Gasteiger partial charge in [0.15, 0.2) is 0 Å². The fourth-order valence-corrected chi connectivity index (χ4v) is 1.71. The van der Waals surface area contributed by atoms with Crippen LogP contribution < -0.4 is 5.32 Å². The Hall–Kier alpha value is -1.30. The molecule has 0 radical (unpaired) electrons. The minimum atomic E-state index is -0.927. The van der Waals surface area contributed by atoms with Crippen molar-refractivity contribution in [3.63, 3.8) is 0 Å². The van der Waals surface area contributed by atoms with Crippen LogP contribution in [0.2, 0.25) is 0 Å². The second kappa shape index (κ2) is 6.44. The van der Waals surface area contributed by atoms with Crippen molar-refractivity contribution in [3.8, 4) is 0 Å². The fourth-order valence-electron chi connectivity index (χ4n) is 1.71. The second-order valence-electron chi connectivity index (χ2n) is 4.31. The Balaban J connectivity index is 2.42. The average molecular weight is 244 g/mol. The molecule has 0 aliphatic carbocycles. The lowest BCUT2D eigenvalue weighted by Crippen LogP contribution is -2.47. The quantitative estimate of drug-likeness (QED) is 0.739. The molecule has 6 nitrogen and oxygen atoms in total. The van der Waals surface area contributed by atoms with Crippen molar-refractivity contribution < 1.29 is 19.4 Å². The zero-order valence-corrected chi connectivity index (χ0v) is 10.3. The summed E-state index contributed by atoms with van der Waals surface area (Å²) < 4.78 is 5.08. The number of unbranched alkanes of at least 4 members (excludes halogenated alkanes) is 1. The Kier molecular flexibility index (Phi) is 5.21. The van der Waals surface area contributed by atoms with Crippen molar-refractivity contribution in [1.29, 1.82) is 0 Å². The van der Waals surface area contributed by atoms with Gasteiger partial charge in [-0.3, -0.25) is 4.79 Å². The van der Waals surface area contributed by atoms with E-state index in [-0.39, 0.29) is 19.2 Å². The SMILES string of the molecule is CCCCN(C)C(=O)NC1COCC1C(=O)O. The maximum absolute atomic E-state index is 11.7. The van der Waals surface area contributed by atoms with Crippen LogP contribution in [0.5, 0.6) is 0 Å². The highest BCUT2D eigenvalue weighted by Crippen LogP contribution is 2.14. The smallest absolute Gasteiger partial charge is 0.317 e. The molecule has 17 heavy (non-hydrogen) atoms. The van der Waals surface area contributed by atoms with Gasteiger partial charge in [-0.1, -0.05) is 13.3 Å². The number of carboxylic acid groups (broad SMARTS) is 1. The zero-order valence-electron chi connectivity index (χ0n) is 10.3. The van der Waals surface area contributed by atoms with Gasteiger partial charge < -0.3 is 20.1 Å². The number of carbonyl (C=O) groups is 2. The molecule has 2 unspecified atom stereocenters. The van der Waals surface area contributed by atoms with Gasteiger partial charge in [-0.15, -0.1) is 0 Å². The number of aliphatic carboxylic acids is 1. The second-order valence-corrected chi connectivity index (χ2v) is 4.31. The first kappa shape index (κ1) is 13.8. The molecular weight excluding hydrogens is 224 g/mol. The number of hydrogen-bond acceptors (Lipinski definition) is 3. The van der Waals surface area contributed by atoms with E-state index >= 15 is 0 Å². The third-order valence-corrected chi connectivity index (χ3v) is 2.90. The van der Waals surface area contributed by atoms with Gasteiger partial charge in [0.2, 0.25) is 0 Å². The standard InChI is InChI=1S/C11H20N2O4/c1-3-4-5-13(2)11(16)12-9-7-17-6-8(9)10(14)15/h8-9H,3-7H2,1-2H3,(H,12,16)(H,14,15). The van der Waals surface area contributed by atoms with Gasteiger partial charge in [0.25, 0.3) is 0 Å². The van der Waals surface area contributed by atoms with E-state index in [0.29, 0.717) is 6.54 Å². The molecule has 1 aliphatic rings. The summed E-state index contributed by atoms with van der Waals surface area (Å²) >= 11 is 0. The summed E-state index contributed by atoms with van der Waals surface area (Å²) in [5, 5.41) is 11.6. The number of amides is 2. The van der Waals surface area contributed by atoms with Crippen LogP contribution in [0, 0.1) is 5.92 Å². The fraction of sp³-hybridized carbons (Fsp3) is 0.818. The van der Waals surface area contributed by atoms with Crippen molar-refractivity contribution in [2.24, 2.45) is 5.92 Å². The number of urea groups is 1. The first-order valence-electron chi connectivity index (χ1n) is 5.88. The molecule has 2 atom stereocenters. The lowest BCUT2D eigenvalue weighted by Gasteiger charge is -2.22. The molecule has 0 aromatic heterocycles. The summed E-state index contributed by atoms with van der Waals surface area (Å²) in [5.74, 6) is -1.57. The van der Waals surface area contributed by atoms with Gasteiger partial charge in [0.05, 0.1) is 19.3 Å². The van der Waals surface area contributed by atoms with Crippen LogP contribution in [0.1, 0.15) is 19.8 Å². The van der Waals surface area contributed by atoms with Gasteiger partial charge in [-0.05, 0) is 6.42 Å². The largest absolute Gasteiger partial charge is 0.481 e. The number of rotatable bonds is 5. The number of carboxylic acids is 1. The summed E-state index contributed by atoms with van der Waals surface area (Å²) in [7, 11) is 1.70. The van der Waals surface area contributed by atoms with Crippen LogP contribution in [0.4, 0.5) is 4.79 Å². The maximum Gasteiger partial charge on any atom is 0.317 e. The minimum Gasteiger partial charge on any atom is -0.481 e. The minimum absolute atomic E-state index is 0.166. The van der Waals surface area contributed by atoms with Crippen molar-refractivity contribution in [1.82, 2.24) is 10.2 Å². The van der Waals surface area contributed by atoms with Crippen molar-refractivity contribution in [2.45, 2.75) is 25.8 Å². The summed E-state index contributed by atoms with van der Waals surface area (Å²) in [5.41, 5.74) is 0. The van der Waals surface area contributed by atoms with Crippen molar-refractivity contribution in [2.75, 3.05) is 26.8 Å². The third kappa shape index (κ3) is 3.89. The topological polar surface area (TPSA) is 78.9 Å². The van der Waals surface area contributed by atoms with Crippen molar-refractivity contribution in [3.05, 3.63) is 0 Å². The molecule has 0 saturated carbocycles. The molecule has 2 N–H and O–H groups in total. The van der Waals surface area contributed by atoms with Crippen LogP contribution in [-0.4, -0.2) is 54.9 Å². The van der Waals surface area contributed by atoms with Gasteiger partial charge in [0, 0.05) is 13.6 Å². The number of nitrogens with zero attached hydrogens (tertiary/aromatic N) is 1. The molecule has 0 spiro atoms.